The van der Waals surface area contributed by atoms with E-state index < -0.39 is 5.56 Å². The lowest BCUT2D eigenvalue weighted by Crippen LogP contribution is -2.31. The molecule has 0 saturated heterocycles. The number of nitrogens with one attached hydrogen (secondary N) is 1. The minimum atomic E-state index is -0.414. The lowest BCUT2D eigenvalue weighted by atomic mass is 10.1. The number of halogens is 1. The molecule has 0 unspecified atom stereocenters. The van der Waals surface area contributed by atoms with Crippen LogP contribution in [0.25, 0.3) is 27.9 Å². The Balaban J connectivity index is 2.14. The number of carbonyl (C=O) groups excluding carboxylic acids is 1. The first-order valence-electron chi connectivity index (χ1n) is 7.33. The zero-order valence-electron chi connectivity index (χ0n) is 13.0. The predicted octanol–water partition coefficient (Wildman–Crippen LogP) is 1.85. The van der Waals surface area contributed by atoms with Crippen molar-refractivity contribution in [2.45, 2.75) is 6.92 Å². The van der Waals surface area contributed by atoms with Crippen LogP contribution in [0.2, 0.25) is 5.02 Å². The van der Waals surface area contributed by atoms with E-state index in [4.69, 9.17) is 11.6 Å². The number of hydrogen-bond donors (Lipinski definition) is 1. The quantitative estimate of drug-likeness (QED) is 0.593. The molecule has 0 aliphatic carbocycles. The molecule has 3 aromatic heterocycles. The Labute approximate surface area is 145 Å². The van der Waals surface area contributed by atoms with E-state index >= 15 is 0 Å². The van der Waals surface area contributed by atoms with Gasteiger partial charge in [0.1, 0.15) is 6.33 Å². The van der Waals surface area contributed by atoms with Gasteiger partial charge in [0.15, 0.2) is 0 Å². The normalized spacial score (nSPS) is 11.1. The second-order valence-corrected chi connectivity index (χ2v) is 5.79. The Bertz CT molecular complexity index is 1180. The summed E-state index contributed by atoms with van der Waals surface area (Å²) in [6.07, 6.45) is 2.82. The summed E-state index contributed by atoms with van der Waals surface area (Å²) < 4.78 is 2.61. The van der Waals surface area contributed by atoms with Crippen molar-refractivity contribution < 1.29 is 4.79 Å². The summed E-state index contributed by atoms with van der Waals surface area (Å²) in [6.45, 7) is 1.33. The van der Waals surface area contributed by atoms with Crippen LogP contribution in [0, 0.1) is 0 Å². The molecule has 3 heterocycles. The van der Waals surface area contributed by atoms with Crippen LogP contribution in [0.4, 0.5) is 0 Å². The molecule has 0 spiro atoms. The van der Waals surface area contributed by atoms with Crippen LogP contribution in [0.3, 0.4) is 0 Å². The highest BCUT2D eigenvalue weighted by Gasteiger charge is 2.17. The van der Waals surface area contributed by atoms with Crippen molar-refractivity contribution in [3.05, 3.63) is 58.2 Å². The molecule has 1 amide bonds. The maximum Gasteiger partial charge on any atom is 0.280 e. The Kier molecular flexibility index (Phi) is 3.47. The fourth-order valence-corrected chi connectivity index (χ4v) is 2.78. The molecule has 0 bridgehead atoms. The number of fused-ring (bicyclic) bond motifs is 2. The van der Waals surface area contributed by atoms with Gasteiger partial charge in [0.05, 0.1) is 16.6 Å². The molecule has 8 nitrogen and oxygen atoms in total. The van der Waals surface area contributed by atoms with Crippen LogP contribution >= 0.6 is 11.6 Å². The smallest absolute Gasteiger partial charge is 0.274 e. The van der Waals surface area contributed by atoms with Crippen LogP contribution in [0.1, 0.15) is 6.92 Å². The lowest BCUT2D eigenvalue weighted by molar-refractivity contribution is -0.115. The topological polar surface area (TPSA) is 94.2 Å². The molecule has 1 aromatic carbocycles. The van der Waals surface area contributed by atoms with Crippen LogP contribution in [-0.2, 0) is 4.79 Å². The number of benzene rings is 1. The van der Waals surface area contributed by atoms with Gasteiger partial charge in [-0.15, -0.1) is 0 Å². The van der Waals surface area contributed by atoms with Gasteiger partial charge in [-0.2, -0.15) is 14.6 Å². The van der Waals surface area contributed by atoms with Crippen molar-refractivity contribution in [2.24, 2.45) is 0 Å². The molecule has 9 heteroatoms. The average Bonchev–Trinajstić information content (AvgIpc) is 3.04. The van der Waals surface area contributed by atoms with Crippen LogP contribution in [-0.4, -0.2) is 30.2 Å². The van der Waals surface area contributed by atoms with Crippen LogP contribution in [0.5, 0.6) is 0 Å². The minimum absolute atomic E-state index is 0.316. The zero-order chi connectivity index (χ0) is 17.6. The Morgan fingerprint density at radius 3 is 2.68 bits per heavy atom. The number of amides is 1. The van der Waals surface area contributed by atoms with E-state index in [9.17, 15) is 9.59 Å². The highest BCUT2D eigenvalue weighted by Crippen LogP contribution is 2.26. The first-order chi connectivity index (χ1) is 12.0. The molecule has 25 heavy (non-hydrogen) atoms. The first kappa shape index (κ1) is 15.3. The summed E-state index contributed by atoms with van der Waals surface area (Å²) in [7, 11) is 0. The summed E-state index contributed by atoms with van der Waals surface area (Å²) in [5.41, 5.74) is 3.76. The molecular weight excluding hydrogens is 344 g/mol. The predicted molar refractivity (Wildman–Crippen MR) is 93.0 cm³/mol. The van der Waals surface area contributed by atoms with Gasteiger partial charge in [-0.25, -0.2) is 9.66 Å². The van der Waals surface area contributed by atoms with E-state index in [1.807, 2.05) is 0 Å². The molecule has 0 radical (unpaired) electrons. The van der Waals surface area contributed by atoms with E-state index in [1.54, 1.807) is 30.3 Å². The first-order valence-corrected chi connectivity index (χ1v) is 7.71. The average molecular weight is 355 g/mol. The minimum Gasteiger partial charge on any atom is -0.274 e. The molecule has 1 N–H and O–H groups in total. The van der Waals surface area contributed by atoms with E-state index in [0.29, 0.717) is 27.4 Å². The number of rotatable bonds is 2. The molecule has 0 aliphatic heterocycles. The van der Waals surface area contributed by atoms with Gasteiger partial charge in [0.25, 0.3) is 11.3 Å². The van der Waals surface area contributed by atoms with Gasteiger partial charge >= 0.3 is 0 Å². The van der Waals surface area contributed by atoms with E-state index in [0.717, 1.165) is 10.2 Å². The molecule has 0 saturated carbocycles. The standard InChI is InChI=1S/C16H11ClN6O2/c1-9(24)21-22-7-6-12-13(15(22)25)14(10-2-4-11(17)5-3-10)23-16(20-12)18-8-19-23/h2-8H,1H3,(H,21,24). The van der Waals surface area contributed by atoms with E-state index in [-0.39, 0.29) is 5.91 Å². The fourth-order valence-electron chi connectivity index (χ4n) is 2.66. The summed E-state index contributed by atoms with van der Waals surface area (Å²) >= 11 is 5.97. The Morgan fingerprint density at radius 1 is 1.20 bits per heavy atom. The molecule has 4 aromatic rings. The van der Waals surface area contributed by atoms with Gasteiger partial charge in [-0.1, -0.05) is 23.7 Å². The second-order valence-electron chi connectivity index (χ2n) is 5.36. The number of carbonyl (C=O) groups is 1. The fraction of sp³-hybridized carbons (Fsp3) is 0.0625. The number of pyridine rings is 1. The lowest BCUT2D eigenvalue weighted by Gasteiger charge is -2.11. The Hall–Kier alpha value is -3.26. The highest BCUT2D eigenvalue weighted by molar-refractivity contribution is 6.30. The third-order valence-electron chi connectivity index (χ3n) is 3.66. The van der Waals surface area contributed by atoms with Crippen molar-refractivity contribution in [1.29, 1.82) is 0 Å². The summed E-state index contributed by atoms with van der Waals surface area (Å²) in [4.78, 5) is 32.7. The third kappa shape index (κ3) is 2.52. The van der Waals surface area contributed by atoms with E-state index in [2.05, 4.69) is 20.5 Å². The second kappa shape index (κ2) is 5.67. The van der Waals surface area contributed by atoms with Gasteiger partial charge in [0, 0.05) is 23.7 Å². The molecule has 4 rings (SSSR count). The maximum absolute atomic E-state index is 12.9. The summed E-state index contributed by atoms with van der Waals surface area (Å²) in [5.74, 6) is 0.0124. The largest absolute Gasteiger partial charge is 0.280 e. The molecule has 0 aliphatic rings. The van der Waals surface area contributed by atoms with Crippen molar-refractivity contribution in [2.75, 3.05) is 5.43 Å². The number of hydrogen-bond acceptors (Lipinski definition) is 5. The summed E-state index contributed by atoms with van der Waals surface area (Å²) in [6, 6.07) is 8.66. The van der Waals surface area contributed by atoms with Gasteiger partial charge < -0.3 is 0 Å². The maximum atomic E-state index is 12.9. The van der Waals surface area contributed by atoms with Gasteiger partial charge in [0.2, 0.25) is 5.91 Å². The zero-order valence-corrected chi connectivity index (χ0v) is 13.7. The SMILES string of the molecule is CC(=O)Nn1ccc2nc3ncnn3c(-c3ccc(Cl)cc3)c2c1=O. The number of nitrogens with zero attached hydrogens (tertiary/aromatic N) is 5. The monoisotopic (exact) mass is 354 g/mol. The van der Waals surface area contributed by atoms with Crippen LogP contribution in [0.15, 0.2) is 47.7 Å². The van der Waals surface area contributed by atoms with E-state index in [1.165, 1.54) is 24.0 Å². The van der Waals surface area contributed by atoms with Crippen molar-refractivity contribution in [3.63, 3.8) is 0 Å². The van der Waals surface area contributed by atoms with Crippen molar-refractivity contribution in [1.82, 2.24) is 24.3 Å². The molecular formula is C16H11ClN6O2. The number of aromatic nitrogens is 5. The molecule has 0 atom stereocenters. The van der Waals surface area contributed by atoms with Gasteiger partial charge in [-0.05, 0) is 18.2 Å². The summed E-state index contributed by atoms with van der Waals surface area (Å²) in [5, 5.41) is 5.07. The van der Waals surface area contributed by atoms with Gasteiger partial charge in [-0.3, -0.25) is 15.0 Å². The molecule has 124 valence electrons. The molecule has 0 fully saturated rings. The van der Waals surface area contributed by atoms with Crippen molar-refractivity contribution in [3.8, 4) is 11.3 Å². The van der Waals surface area contributed by atoms with Crippen molar-refractivity contribution >= 4 is 34.2 Å². The Morgan fingerprint density at radius 2 is 1.96 bits per heavy atom. The van der Waals surface area contributed by atoms with Crippen LogP contribution < -0.4 is 11.0 Å². The highest BCUT2D eigenvalue weighted by atomic mass is 35.5. The third-order valence-corrected chi connectivity index (χ3v) is 3.92.